The molecule has 0 amide bonds. The first-order chi connectivity index (χ1) is 10.2. The molecular formula is C17H26N2O2. The van der Waals surface area contributed by atoms with Gasteiger partial charge in [-0.05, 0) is 56.3 Å². The second-order valence-electron chi connectivity index (χ2n) is 6.56. The highest BCUT2D eigenvalue weighted by atomic mass is 16.3. The van der Waals surface area contributed by atoms with E-state index in [0.717, 1.165) is 25.1 Å². The Balaban J connectivity index is 1.70. The number of phenols is 2. The van der Waals surface area contributed by atoms with Crippen LogP contribution in [0.5, 0.6) is 11.5 Å². The van der Waals surface area contributed by atoms with Crippen LogP contribution < -0.4 is 5.32 Å². The summed E-state index contributed by atoms with van der Waals surface area (Å²) < 4.78 is 0. The van der Waals surface area contributed by atoms with Gasteiger partial charge in [0.25, 0.3) is 0 Å². The van der Waals surface area contributed by atoms with E-state index < -0.39 is 0 Å². The van der Waals surface area contributed by atoms with Gasteiger partial charge in [0.2, 0.25) is 0 Å². The third-order valence-electron chi connectivity index (χ3n) is 4.90. The van der Waals surface area contributed by atoms with Gasteiger partial charge in [0.15, 0.2) is 11.5 Å². The molecule has 0 spiro atoms. The van der Waals surface area contributed by atoms with Crippen molar-refractivity contribution < 1.29 is 10.2 Å². The normalized spacial score (nSPS) is 28.2. The first kappa shape index (κ1) is 14.7. The minimum absolute atomic E-state index is 0.0191. The maximum atomic E-state index is 9.67. The van der Waals surface area contributed by atoms with Gasteiger partial charge in [-0.2, -0.15) is 0 Å². The zero-order valence-electron chi connectivity index (χ0n) is 12.8. The molecule has 4 nitrogen and oxygen atoms in total. The molecule has 2 aliphatic rings. The number of benzene rings is 1. The number of piperidine rings is 1. The molecule has 116 valence electrons. The van der Waals surface area contributed by atoms with Crippen LogP contribution in [-0.2, 0) is 6.54 Å². The van der Waals surface area contributed by atoms with E-state index in [1.165, 1.54) is 25.7 Å². The van der Waals surface area contributed by atoms with Gasteiger partial charge in [0.05, 0.1) is 0 Å². The second-order valence-corrected chi connectivity index (χ2v) is 6.56. The van der Waals surface area contributed by atoms with Crippen molar-refractivity contribution in [2.45, 2.75) is 63.7 Å². The Morgan fingerprint density at radius 3 is 2.48 bits per heavy atom. The van der Waals surface area contributed by atoms with Gasteiger partial charge in [-0.25, -0.2) is 0 Å². The molecule has 2 fully saturated rings. The van der Waals surface area contributed by atoms with Crippen LogP contribution in [0.4, 0.5) is 0 Å². The zero-order chi connectivity index (χ0) is 14.8. The minimum Gasteiger partial charge on any atom is -0.504 e. The van der Waals surface area contributed by atoms with Crippen LogP contribution in [0.2, 0.25) is 0 Å². The maximum absolute atomic E-state index is 9.67. The zero-order valence-corrected chi connectivity index (χ0v) is 12.8. The summed E-state index contributed by atoms with van der Waals surface area (Å²) in [5.41, 5.74) is 1.07. The molecule has 2 unspecified atom stereocenters. The third kappa shape index (κ3) is 3.33. The Morgan fingerprint density at radius 1 is 1.14 bits per heavy atom. The molecular weight excluding hydrogens is 264 g/mol. The molecule has 3 rings (SSSR count). The lowest BCUT2D eigenvalue weighted by Gasteiger charge is -2.38. The summed E-state index contributed by atoms with van der Waals surface area (Å²) in [6.45, 7) is 4.16. The first-order valence-electron chi connectivity index (χ1n) is 8.16. The number of nitrogens with one attached hydrogen (secondary N) is 1. The smallest absolute Gasteiger partial charge is 0.157 e. The van der Waals surface area contributed by atoms with Gasteiger partial charge in [-0.15, -0.1) is 0 Å². The van der Waals surface area contributed by atoms with Gasteiger partial charge in [-0.1, -0.05) is 13.0 Å². The lowest BCUT2D eigenvalue weighted by molar-refractivity contribution is 0.134. The van der Waals surface area contributed by atoms with E-state index in [4.69, 9.17) is 0 Å². The highest BCUT2D eigenvalue weighted by Gasteiger charge is 2.35. The predicted molar refractivity (Wildman–Crippen MR) is 83.4 cm³/mol. The molecule has 2 atom stereocenters. The SMILES string of the molecule is CCCN(Cc1ccc(O)c(O)c1)C1CC2CCC(C1)N2. The van der Waals surface area contributed by atoms with Crippen molar-refractivity contribution >= 4 is 0 Å². The Hall–Kier alpha value is -1.26. The molecule has 0 aliphatic carbocycles. The molecule has 3 N–H and O–H groups in total. The topological polar surface area (TPSA) is 55.7 Å². The van der Waals surface area contributed by atoms with Gasteiger partial charge >= 0.3 is 0 Å². The van der Waals surface area contributed by atoms with Crippen molar-refractivity contribution in [3.05, 3.63) is 23.8 Å². The van der Waals surface area contributed by atoms with Gasteiger partial charge in [0.1, 0.15) is 0 Å². The Bertz CT molecular complexity index is 480. The highest BCUT2D eigenvalue weighted by Crippen LogP contribution is 2.31. The van der Waals surface area contributed by atoms with Gasteiger partial charge in [-0.3, -0.25) is 4.90 Å². The highest BCUT2D eigenvalue weighted by molar-refractivity contribution is 5.40. The Kier molecular flexibility index (Phi) is 4.36. The van der Waals surface area contributed by atoms with Crippen molar-refractivity contribution in [1.82, 2.24) is 10.2 Å². The van der Waals surface area contributed by atoms with Crippen LogP contribution in [0, 0.1) is 0 Å². The Morgan fingerprint density at radius 2 is 1.86 bits per heavy atom. The first-order valence-corrected chi connectivity index (χ1v) is 8.16. The summed E-state index contributed by atoms with van der Waals surface area (Å²) in [6.07, 6.45) is 6.26. The largest absolute Gasteiger partial charge is 0.504 e. The molecule has 0 aromatic heterocycles. The summed E-state index contributed by atoms with van der Waals surface area (Å²) in [4.78, 5) is 2.55. The lowest BCUT2D eigenvalue weighted by atomic mass is 9.97. The molecule has 0 radical (unpaired) electrons. The number of aromatic hydroxyl groups is 2. The standard InChI is InChI=1S/C17H26N2O2/c1-2-7-19(11-12-3-6-16(20)17(21)8-12)15-9-13-4-5-14(10-15)18-13/h3,6,8,13-15,18,20-21H,2,4-5,7,9-11H2,1H3. The molecule has 1 aromatic carbocycles. The average Bonchev–Trinajstić information content (AvgIpc) is 2.81. The maximum Gasteiger partial charge on any atom is 0.157 e. The quantitative estimate of drug-likeness (QED) is 0.730. The Labute approximate surface area is 126 Å². The predicted octanol–water partition coefficient (Wildman–Crippen LogP) is 2.59. The third-order valence-corrected chi connectivity index (χ3v) is 4.90. The van der Waals surface area contributed by atoms with Crippen molar-refractivity contribution in [2.24, 2.45) is 0 Å². The van der Waals surface area contributed by atoms with Gasteiger partial charge < -0.3 is 15.5 Å². The number of phenolic OH excluding ortho intramolecular Hbond substituents is 2. The minimum atomic E-state index is -0.0410. The summed E-state index contributed by atoms with van der Waals surface area (Å²) in [7, 11) is 0. The van der Waals surface area contributed by atoms with E-state index in [9.17, 15) is 10.2 Å². The molecule has 4 heteroatoms. The fraction of sp³-hybridized carbons (Fsp3) is 0.647. The van der Waals surface area contributed by atoms with Crippen molar-refractivity contribution in [2.75, 3.05) is 6.54 Å². The molecule has 0 saturated carbocycles. The van der Waals surface area contributed by atoms with Crippen molar-refractivity contribution in [1.29, 1.82) is 0 Å². The van der Waals surface area contributed by atoms with Gasteiger partial charge in [0, 0.05) is 24.7 Å². The van der Waals surface area contributed by atoms with E-state index in [2.05, 4.69) is 17.1 Å². The molecule has 2 saturated heterocycles. The number of nitrogens with zero attached hydrogens (tertiary/aromatic N) is 1. The molecule has 2 bridgehead atoms. The van der Waals surface area contributed by atoms with E-state index in [1.807, 2.05) is 6.07 Å². The number of hydrogen-bond acceptors (Lipinski definition) is 4. The van der Waals surface area contributed by atoms with Crippen LogP contribution in [0.15, 0.2) is 18.2 Å². The number of fused-ring (bicyclic) bond motifs is 2. The van der Waals surface area contributed by atoms with Crippen LogP contribution >= 0.6 is 0 Å². The molecule has 21 heavy (non-hydrogen) atoms. The second kappa shape index (κ2) is 6.24. The summed E-state index contributed by atoms with van der Waals surface area (Å²) >= 11 is 0. The van der Waals surface area contributed by atoms with Crippen molar-refractivity contribution in [3.63, 3.8) is 0 Å². The van der Waals surface area contributed by atoms with Crippen LogP contribution in [0.25, 0.3) is 0 Å². The average molecular weight is 290 g/mol. The van der Waals surface area contributed by atoms with Crippen LogP contribution in [0.1, 0.15) is 44.6 Å². The number of rotatable bonds is 5. The summed E-state index contributed by atoms with van der Waals surface area (Å²) in [5.74, 6) is -0.0602. The van der Waals surface area contributed by atoms with Crippen molar-refractivity contribution in [3.8, 4) is 11.5 Å². The molecule has 1 aromatic rings. The molecule has 2 aliphatic heterocycles. The lowest BCUT2D eigenvalue weighted by Crippen LogP contribution is -2.48. The van der Waals surface area contributed by atoms with E-state index in [1.54, 1.807) is 12.1 Å². The van der Waals surface area contributed by atoms with E-state index in [0.29, 0.717) is 18.1 Å². The monoisotopic (exact) mass is 290 g/mol. The molecule has 2 heterocycles. The summed E-state index contributed by atoms with van der Waals surface area (Å²) in [5, 5.41) is 22.8. The summed E-state index contributed by atoms with van der Waals surface area (Å²) in [6, 6.07) is 7.21. The van der Waals surface area contributed by atoms with E-state index in [-0.39, 0.29) is 11.5 Å². The van der Waals surface area contributed by atoms with Crippen LogP contribution in [0.3, 0.4) is 0 Å². The van der Waals surface area contributed by atoms with E-state index >= 15 is 0 Å². The van der Waals surface area contributed by atoms with Crippen LogP contribution in [-0.4, -0.2) is 39.8 Å². The number of hydrogen-bond donors (Lipinski definition) is 3. The fourth-order valence-corrected chi connectivity index (χ4v) is 3.91. The fourth-order valence-electron chi connectivity index (χ4n) is 3.91.